The smallest absolute Gasteiger partial charge is 0.0709 e. The van der Waals surface area contributed by atoms with E-state index in [0.717, 1.165) is 13.0 Å². The highest BCUT2D eigenvalue weighted by Gasteiger charge is 2.35. The number of nitrogens with one attached hydrogen (secondary N) is 1. The molecule has 21 heavy (non-hydrogen) atoms. The van der Waals surface area contributed by atoms with E-state index in [0.29, 0.717) is 11.5 Å². The Morgan fingerprint density at radius 1 is 1.24 bits per heavy atom. The third-order valence-electron chi connectivity index (χ3n) is 4.93. The van der Waals surface area contributed by atoms with Crippen molar-refractivity contribution in [2.24, 2.45) is 12.5 Å². The summed E-state index contributed by atoms with van der Waals surface area (Å²) >= 11 is 0. The van der Waals surface area contributed by atoms with Gasteiger partial charge in [0, 0.05) is 25.0 Å². The van der Waals surface area contributed by atoms with E-state index in [1.165, 1.54) is 42.3 Å². The monoisotopic (exact) mass is 285 g/mol. The zero-order valence-corrected chi connectivity index (χ0v) is 13.5. The molecule has 1 fully saturated rings. The van der Waals surface area contributed by atoms with Crippen molar-refractivity contribution >= 4 is 10.9 Å². The molecule has 0 spiro atoms. The van der Waals surface area contributed by atoms with Crippen LogP contribution in [0.3, 0.4) is 0 Å². The molecule has 1 aliphatic rings. The number of nitrogens with zero attached hydrogens (tertiary/aromatic N) is 2. The van der Waals surface area contributed by atoms with Crippen LogP contribution in [-0.4, -0.2) is 22.4 Å². The second-order valence-corrected chi connectivity index (χ2v) is 7.01. The van der Waals surface area contributed by atoms with Crippen molar-refractivity contribution in [3.05, 3.63) is 30.0 Å². The molecule has 1 aliphatic carbocycles. The summed E-state index contributed by atoms with van der Waals surface area (Å²) in [6.45, 7) is 5.59. The van der Waals surface area contributed by atoms with Gasteiger partial charge in [0.1, 0.15) is 0 Å². The lowest BCUT2D eigenvalue weighted by molar-refractivity contribution is 0.267. The summed E-state index contributed by atoms with van der Waals surface area (Å²) in [6, 6.07) is 9.17. The van der Waals surface area contributed by atoms with Crippen molar-refractivity contribution in [1.82, 2.24) is 15.1 Å². The summed E-state index contributed by atoms with van der Waals surface area (Å²) in [7, 11) is 2.06. The number of benzene rings is 1. The zero-order valence-electron chi connectivity index (χ0n) is 13.5. The van der Waals surface area contributed by atoms with E-state index in [1.54, 1.807) is 0 Å². The molecule has 2 aromatic rings. The van der Waals surface area contributed by atoms with Crippen LogP contribution in [0, 0.1) is 5.41 Å². The highest BCUT2D eigenvalue weighted by Crippen LogP contribution is 2.41. The number of aromatic nitrogens is 2. The summed E-state index contributed by atoms with van der Waals surface area (Å²) in [5.74, 6) is 0. The molecule has 1 aromatic heterocycles. The second kappa shape index (κ2) is 5.80. The molecule has 0 atom stereocenters. The number of hydrogen-bond donors (Lipinski definition) is 1. The van der Waals surface area contributed by atoms with Crippen LogP contribution in [0.15, 0.2) is 24.3 Å². The minimum absolute atomic E-state index is 0.404. The quantitative estimate of drug-likeness (QED) is 0.908. The fourth-order valence-electron chi connectivity index (χ4n) is 3.74. The summed E-state index contributed by atoms with van der Waals surface area (Å²) in [5.41, 5.74) is 2.93. The Labute approximate surface area is 127 Å². The Kier molecular flexibility index (Phi) is 4.03. The maximum Gasteiger partial charge on any atom is 0.0709 e. The van der Waals surface area contributed by atoms with Gasteiger partial charge in [0.05, 0.1) is 11.2 Å². The predicted molar refractivity (Wildman–Crippen MR) is 88.5 cm³/mol. The molecule has 0 unspecified atom stereocenters. The molecule has 1 N–H and O–H groups in total. The van der Waals surface area contributed by atoms with Crippen LogP contribution in [0.5, 0.6) is 0 Å². The van der Waals surface area contributed by atoms with Crippen molar-refractivity contribution in [2.75, 3.05) is 6.54 Å². The van der Waals surface area contributed by atoms with Crippen LogP contribution in [0.1, 0.15) is 45.2 Å². The van der Waals surface area contributed by atoms with Crippen LogP contribution in [-0.2, 0) is 13.5 Å². The van der Waals surface area contributed by atoms with E-state index < -0.39 is 0 Å². The van der Waals surface area contributed by atoms with Gasteiger partial charge in [-0.05, 0) is 30.7 Å². The van der Waals surface area contributed by atoms with Crippen LogP contribution in [0.4, 0.5) is 0 Å². The lowest BCUT2D eigenvalue weighted by Gasteiger charge is -2.30. The maximum absolute atomic E-state index is 4.81. The molecule has 1 heterocycles. The minimum atomic E-state index is 0.404. The van der Waals surface area contributed by atoms with Crippen LogP contribution in [0.2, 0.25) is 0 Å². The number of aryl methyl sites for hydroxylation is 1. The highest BCUT2D eigenvalue weighted by atomic mass is 15.3. The first-order valence-corrected chi connectivity index (χ1v) is 8.24. The van der Waals surface area contributed by atoms with E-state index >= 15 is 0 Å². The molecule has 0 bridgehead atoms. The van der Waals surface area contributed by atoms with Gasteiger partial charge >= 0.3 is 0 Å². The van der Waals surface area contributed by atoms with Crippen molar-refractivity contribution in [3.8, 4) is 0 Å². The Hall–Kier alpha value is -1.35. The van der Waals surface area contributed by atoms with Gasteiger partial charge in [0.2, 0.25) is 0 Å². The fraction of sp³-hybridized carbons (Fsp3) is 0.611. The molecule has 0 amide bonds. The number of fused-ring (bicyclic) bond motifs is 1. The van der Waals surface area contributed by atoms with Crippen molar-refractivity contribution in [2.45, 2.75) is 52.0 Å². The number of para-hydroxylation sites is 1. The molecule has 0 saturated heterocycles. The van der Waals surface area contributed by atoms with Crippen LogP contribution < -0.4 is 5.32 Å². The predicted octanol–water partition coefficient (Wildman–Crippen LogP) is 3.67. The lowest BCUT2D eigenvalue weighted by atomic mass is 9.80. The molecule has 0 aliphatic heterocycles. The Bertz CT molecular complexity index is 606. The van der Waals surface area contributed by atoms with Crippen molar-refractivity contribution in [3.63, 3.8) is 0 Å². The van der Waals surface area contributed by atoms with Gasteiger partial charge in [-0.3, -0.25) is 4.68 Å². The van der Waals surface area contributed by atoms with E-state index in [1.807, 2.05) is 4.68 Å². The summed E-state index contributed by atoms with van der Waals surface area (Å²) in [6.07, 6.45) is 6.50. The maximum atomic E-state index is 4.81. The first-order chi connectivity index (χ1) is 10.1. The average molecular weight is 285 g/mol. The second-order valence-electron chi connectivity index (χ2n) is 7.01. The van der Waals surface area contributed by atoms with Crippen molar-refractivity contribution in [1.29, 1.82) is 0 Å². The molecule has 3 heteroatoms. The van der Waals surface area contributed by atoms with E-state index in [-0.39, 0.29) is 0 Å². The van der Waals surface area contributed by atoms with Gasteiger partial charge in [-0.1, -0.05) is 44.9 Å². The first kappa shape index (κ1) is 14.6. The summed E-state index contributed by atoms with van der Waals surface area (Å²) in [5, 5.41) is 9.81. The summed E-state index contributed by atoms with van der Waals surface area (Å²) in [4.78, 5) is 0. The lowest BCUT2D eigenvalue weighted by Crippen LogP contribution is -2.37. The zero-order chi connectivity index (χ0) is 14.9. The third kappa shape index (κ3) is 2.98. The average Bonchev–Trinajstić information content (AvgIpc) is 3.04. The third-order valence-corrected chi connectivity index (χ3v) is 4.93. The largest absolute Gasteiger partial charge is 0.314 e. The Balaban J connectivity index is 1.88. The van der Waals surface area contributed by atoms with Gasteiger partial charge in [0.15, 0.2) is 0 Å². The molecule has 1 saturated carbocycles. The Morgan fingerprint density at radius 3 is 2.67 bits per heavy atom. The standard InChI is InChI=1S/C18H27N3/c1-14(2)19-13-18(10-6-7-11-18)12-16-15-8-4-5-9-17(15)21(3)20-16/h4-5,8-9,14,19H,6-7,10-13H2,1-3H3. The van der Waals surface area contributed by atoms with Gasteiger partial charge in [-0.25, -0.2) is 0 Å². The number of hydrogen-bond acceptors (Lipinski definition) is 2. The molecular weight excluding hydrogens is 258 g/mol. The van der Waals surface area contributed by atoms with Gasteiger partial charge < -0.3 is 5.32 Å². The number of rotatable bonds is 5. The molecule has 3 rings (SSSR count). The molecule has 114 valence electrons. The molecule has 0 radical (unpaired) electrons. The van der Waals surface area contributed by atoms with E-state index in [4.69, 9.17) is 5.10 Å². The molecular formula is C18H27N3. The topological polar surface area (TPSA) is 29.9 Å². The molecule has 3 nitrogen and oxygen atoms in total. The highest BCUT2D eigenvalue weighted by molar-refractivity contribution is 5.81. The van der Waals surface area contributed by atoms with Crippen LogP contribution >= 0.6 is 0 Å². The van der Waals surface area contributed by atoms with Crippen LogP contribution in [0.25, 0.3) is 10.9 Å². The molecule has 1 aromatic carbocycles. The summed E-state index contributed by atoms with van der Waals surface area (Å²) < 4.78 is 2.03. The fourth-order valence-corrected chi connectivity index (χ4v) is 3.74. The van der Waals surface area contributed by atoms with Gasteiger partial charge in [-0.15, -0.1) is 0 Å². The Morgan fingerprint density at radius 2 is 1.95 bits per heavy atom. The van der Waals surface area contributed by atoms with Crippen molar-refractivity contribution < 1.29 is 0 Å². The normalized spacial score (nSPS) is 17.9. The minimum Gasteiger partial charge on any atom is -0.314 e. The van der Waals surface area contributed by atoms with E-state index in [2.05, 4.69) is 50.5 Å². The first-order valence-electron chi connectivity index (χ1n) is 8.24. The SMILES string of the molecule is CC(C)NCC1(Cc2nn(C)c3ccccc23)CCCC1. The van der Waals surface area contributed by atoms with Gasteiger partial charge in [-0.2, -0.15) is 5.10 Å². The van der Waals surface area contributed by atoms with E-state index in [9.17, 15) is 0 Å². The van der Waals surface area contributed by atoms with Gasteiger partial charge in [0.25, 0.3) is 0 Å².